The lowest BCUT2D eigenvalue weighted by Gasteiger charge is -2.25. The Bertz CT molecular complexity index is 1430. The number of fused-ring (bicyclic) bond motifs is 2. The Balaban J connectivity index is 1.37. The maximum atomic E-state index is 13.8. The minimum atomic E-state index is -0.797. The second-order valence-electron chi connectivity index (χ2n) is 9.65. The smallest absolute Gasteiger partial charge is 0.252 e. The van der Waals surface area contributed by atoms with Crippen LogP contribution in [0, 0.1) is 6.92 Å². The molecule has 5 heteroatoms. The number of carbonyl (C=O) groups excluding carboxylic acids is 1. The fraction of sp³-hybridized carbons (Fsp3) is 0.182. The molecule has 0 aromatic heterocycles. The summed E-state index contributed by atoms with van der Waals surface area (Å²) in [6, 6.07) is 32.9. The van der Waals surface area contributed by atoms with Gasteiger partial charge in [-0.05, 0) is 42.7 Å². The van der Waals surface area contributed by atoms with Crippen molar-refractivity contribution >= 4 is 17.6 Å². The van der Waals surface area contributed by atoms with Crippen molar-refractivity contribution in [2.75, 3.05) is 6.54 Å². The molecule has 0 unspecified atom stereocenters. The Kier molecular flexibility index (Phi) is 7.98. The highest BCUT2D eigenvalue weighted by Gasteiger charge is 2.26. The van der Waals surface area contributed by atoms with E-state index in [1.165, 1.54) is 5.56 Å². The quantitative estimate of drug-likeness (QED) is 0.281. The summed E-state index contributed by atoms with van der Waals surface area (Å²) in [6.45, 7) is 3.04. The van der Waals surface area contributed by atoms with Crippen LogP contribution in [0.2, 0.25) is 0 Å². The second kappa shape index (κ2) is 11.9. The highest BCUT2D eigenvalue weighted by atomic mass is 16.5. The Morgan fingerprint density at radius 3 is 2.37 bits per heavy atom. The molecule has 5 rings (SSSR count). The lowest BCUT2D eigenvalue weighted by atomic mass is 9.98. The van der Waals surface area contributed by atoms with E-state index in [1.54, 1.807) is 0 Å². The molecule has 1 amide bonds. The van der Waals surface area contributed by atoms with Crippen molar-refractivity contribution in [3.8, 4) is 11.5 Å². The summed E-state index contributed by atoms with van der Waals surface area (Å²) in [7, 11) is 0. The first-order chi connectivity index (χ1) is 18.6. The molecule has 0 aliphatic carbocycles. The topological polar surface area (TPSA) is 70.6 Å². The van der Waals surface area contributed by atoms with Crippen LogP contribution in [0.25, 0.3) is 11.6 Å². The lowest BCUT2D eigenvalue weighted by molar-refractivity contribution is -0.117. The molecule has 0 spiro atoms. The van der Waals surface area contributed by atoms with E-state index < -0.39 is 12.1 Å². The zero-order valence-corrected chi connectivity index (χ0v) is 21.4. The minimum absolute atomic E-state index is 0.253. The number of hydrogen-bond donors (Lipinski definition) is 3. The van der Waals surface area contributed by atoms with E-state index in [9.17, 15) is 9.90 Å². The average molecular weight is 505 g/mol. The molecule has 2 atom stereocenters. The molecule has 1 heterocycles. The number of carbonyl (C=O) groups is 1. The standard InChI is InChI=1S/C33H32N2O3/c1-23-10-9-13-25(18-23)21-34-22-30(36)29(19-24-11-3-2-4-12-24)35-33(37)28-20-26-14-5-7-16-31(26)38-32-17-8-6-15-27(28)32/h2-18,20,29-30,34,36H,19,21-22H2,1H3,(H,35,37)/t29-,30+/m0/s1. The van der Waals surface area contributed by atoms with Gasteiger partial charge in [0.25, 0.3) is 5.91 Å². The van der Waals surface area contributed by atoms with E-state index in [2.05, 4.69) is 35.8 Å². The first kappa shape index (κ1) is 25.5. The molecule has 0 saturated carbocycles. The van der Waals surface area contributed by atoms with E-state index in [0.29, 0.717) is 42.1 Å². The van der Waals surface area contributed by atoms with Gasteiger partial charge >= 0.3 is 0 Å². The number of rotatable bonds is 9. The van der Waals surface area contributed by atoms with Crippen LogP contribution >= 0.6 is 0 Å². The molecule has 0 bridgehead atoms. The Morgan fingerprint density at radius 2 is 1.55 bits per heavy atom. The summed E-state index contributed by atoms with van der Waals surface area (Å²) < 4.78 is 6.14. The average Bonchev–Trinajstić information content (AvgIpc) is 3.10. The molecule has 4 aromatic carbocycles. The van der Waals surface area contributed by atoms with E-state index in [0.717, 1.165) is 16.7 Å². The number of hydrogen-bond acceptors (Lipinski definition) is 4. The van der Waals surface area contributed by atoms with E-state index in [1.807, 2.05) is 91.0 Å². The SMILES string of the molecule is Cc1cccc(CNC[C@@H](O)[C@H](Cc2ccccc2)NC(=O)C2=Cc3ccccc3Oc3ccccc32)c1. The Labute approximate surface area is 223 Å². The lowest BCUT2D eigenvalue weighted by Crippen LogP contribution is -2.48. The fourth-order valence-electron chi connectivity index (χ4n) is 4.74. The number of aliphatic hydroxyl groups excluding tert-OH is 1. The maximum Gasteiger partial charge on any atom is 0.252 e. The molecular formula is C33H32N2O3. The predicted molar refractivity (Wildman–Crippen MR) is 152 cm³/mol. The van der Waals surface area contributed by atoms with E-state index in [4.69, 9.17) is 4.74 Å². The Hall–Kier alpha value is -4.19. The number of para-hydroxylation sites is 2. The van der Waals surface area contributed by atoms with Gasteiger partial charge in [-0.3, -0.25) is 4.79 Å². The van der Waals surface area contributed by atoms with Crippen LogP contribution in [-0.4, -0.2) is 29.7 Å². The number of ether oxygens (including phenoxy) is 1. The van der Waals surface area contributed by atoms with Crippen molar-refractivity contribution in [1.29, 1.82) is 0 Å². The van der Waals surface area contributed by atoms with Gasteiger partial charge in [0.1, 0.15) is 11.5 Å². The van der Waals surface area contributed by atoms with Crippen LogP contribution in [0.3, 0.4) is 0 Å². The highest BCUT2D eigenvalue weighted by molar-refractivity contribution is 6.25. The van der Waals surface area contributed by atoms with Gasteiger partial charge in [-0.2, -0.15) is 0 Å². The summed E-state index contributed by atoms with van der Waals surface area (Å²) in [5, 5.41) is 17.7. The number of benzene rings is 4. The van der Waals surface area contributed by atoms with Crippen molar-refractivity contribution in [3.63, 3.8) is 0 Å². The first-order valence-corrected chi connectivity index (χ1v) is 12.9. The van der Waals surface area contributed by atoms with E-state index in [-0.39, 0.29) is 5.91 Å². The van der Waals surface area contributed by atoms with E-state index >= 15 is 0 Å². The van der Waals surface area contributed by atoms with Crippen molar-refractivity contribution in [2.45, 2.75) is 32.0 Å². The molecule has 0 fully saturated rings. The Morgan fingerprint density at radius 1 is 0.842 bits per heavy atom. The molecule has 1 aliphatic rings. The van der Waals surface area contributed by atoms with Crippen LogP contribution in [0.5, 0.6) is 11.5 Å². The predicted octanol–water partition coefficient (Wildman–Crippen LogP) is 5.52. The fourth-order valence-corrected chi connectivity index (χ4v) is 4.74. The largest absolute Gasteiger partial charge is 0.456 e. The summed E-state index contributed by atoms with van der Waals surface area (Å²) >= 11 is 0. The third-order valence-electron chi connectivity index (χ3n) is 6.71. The first-order valence-electron chi connectivity index (χ1n) is 12.9. The van der Waals surface area contributed by atoms with Gasteiger partial charge in [-0.1, -0.05) is 96.6 Å². The van der Waals surface area contributed by atoms with Crippen LogP contribution < -0.4 is 15.4 Å². The van der Waals surface area contributed by atoms with Gasteiger partial charge in [-0.25, -0.2) is 0 Å². The van der Waals surface area contributed by atoms with Crippen LogP contribution in [0.4, 0.5) is 0 Å². The van der Waals surface area contributed by atoms with Crippen molar-refractivity contribution in [3.05, 3.63) is 131 Å². The van der Waals surface area contributed by atoms with Gasteiger partial charge in [0.15, 0.2) is 0 Å². The molecule has 38 heavy (non-hydrogen) atoms. The number of nitrogens with one attached hydrogen (secondary N) is 2. The van der Waals surface area contributed by atoms with Gasteiger partial charge in [0.05, 0.1) is 17.7 Å². The second-order valence-corrected chi connectivity index (χ2v) is 9.65. The molecule has 192 valence electrons. The summed E-state index contributed by atoms with van der Waals surface area (Å²) in [5.41, 5.74) is 5.44. The van der Waals surface area contributed by atoms with Crippen LogP contribution in [0.1, 0.15) is 27.8 Å². The molecule has 1 aliphatic heterocycles. The van der Waals surface area contributed by atoms with Crippen molar-refractivity contribution in [2.24, 2.45) is 0 Å². The maximum absolute atomic E-state index is 13.8. The molecule has 5 nitrogen and oxygen atoms in total. The van der Waals surface area contributed by atoms with Gasteiger partial charge < -0.3 is 20.5 Å². The van der Waals surface area contributed by atoms with Crippen LogP contribution in [0.15, 0.2) is 103 Å². The number of amides is 1. The summed E-state index contributed by atoms with van der Waals surface area (Å²) in [4.78, 5) is 13.8. The van der Waals surface area contributed by atoms with Crippen molar-refractivity contribution < 1.29 is 14.6 Å². The van der Waals surface area contributed by atoms with Crippen LogP contribution in [-0.2, 0) is 17.8 Å². The third-order valence-corrected chi connectivity index (χ3v) is 6.71. The number of aliphatic hydroxyl groups is 1. The zero-order valence-electron chi connectivity index (χ0n) is 21.4. The third kappa shape index (κ3) is 6.20. The molecule has 3 N–H and O–H groups in total. The molecule has 0 saturated heterocycles. The summed E-state index contributed by atoms with van der Waals surface area (Å²) in [5.74, 6) is 1.07. The highest BCUT2D eigenvalue weighted by Crippen LogP contribution is 2.37. The molecule has 4 aromatic rings. The van der Waals surface area contributed by atoms with Gasteiger partial charge in [0, 0.05) is 24.2 Å². The normalized spacial score (nSPS) is 13.7. The van der Waals surface area contributed by atoms with Gasteiger partial charge in [-0.15, -0.1) is 0 Å². The number of aryl methyl sites for hydroxylation is 1. The molecule has 0 radical (unpaired) electrons. The molecular weight excluding hydrogens is 472 g/mol. The zero-order chi connectivity index (χ0) is 26.3. The summed E-state index contributed by atoms with van der Waals surface area (Å²) in [6.07, 6.45) is 1.56. The van der Waals surface area contributed by atoms with Crippen molar-refractivity contribution in [1.82, 2.24) is 10.6 Å². The minimum Gasteiger partial charge on any atom is -0.456 e. The van der Waals surface area contributed by atoms with Gasteiger partial charge in [0.2, 0.25) is 0 Å². The monoisotopic (exact) mass is 504 g/mol.